The number of hydrogen-bond acceptors (Lipinski definition) is 2. The molecule has 1 heterocycles. The fourth-order valence-electron chi connectivity index (χ4n) is 2.11. The monoisotopic (exact) mass is 253 g/mol. The molecule has 0 N–H and O–H groups in total. The third kappa shape index (κ3) is 4.02. The van der Waals surface area contributed by atoms with Gasteiger partial charge in [-0.25, -0.2) is 0 Å². The van der Waals surface area contributed by atoms with Crippen LogP contribution in [0, 0.1) is 5.92 Å². The first-order valence-corrected chi connectivity index (χ1v) is 6.67. The molecular formula is C17H19NO. The molecule has 0 fully saturated rings. The van der Waals surface area contributed by atoms with Crippen LogP contribution in [-0.2, 0) is 12.8 Å². The minimum Gasteiger partial charge on any atom is -0.294 e. The van der Waals surface area contributed by atoms with E-state index in [2.05, 4.69) is 24.9 Å². The molecule has 2 heteroatoms. The molecule has 0 spiro atoms. The number of ketones is 1. The second kappa shape index (κ2) is 6.28. The Kier molecular flexibility index (Phi) is 4.45. The fourth-order valence-corrected chi connectivity index (χ4v) is 2.11. The molecule has 2 rings (SSSR count). The zero-order valence-electron chi connectivity index (χ0n) is 11.5. The number of Topliss-reactive ketones (excluding diaryl/α,β-unsaturated/α-hetero) is 1. The standard InChI is InChI=1S/C17H19NO/c1-13(2)10-14-6-5-7-15(11-14)17(19)12-16-8-3-4-9-18-16/h3-9,11,13H,10,12H2,1-2H3. The zero-order valence-corrected chi connectivity index (χ0v) is 11.5. The minimum absolute atomic E-state index is 0.129. The van der Waals surface area contributed by atoms with Crippen LogP contribution in [0.4, 0.5) is 0 Å². The largest absolute Gasteiger partial charge is 0.294 e. The Labute approximate surface area is 114 Å². The molecule has 0 saturated carbocycles. The van der Waals surface area contributed by atoms with Gasteiger partial charge in [0.15, 0.2) is 5.78 Å². The Balaban J connectivity index is 2.11. The van der Waals surface area contributed by atoms with Crippen LogP contribution in [0.2, 0.25) is 0 Å². The molecule has 0 aliphatic rings. The molecule has 1 aromatic carbocycles. The number of aromatic nitrogens is 1. The lowest BCUT2D eigenvalue weighted by atomic mass is 9.98. The number of nitrogens with zero attached hydrogens (tertiary/aromatic N) is 1. The molecule has 0 atom stereocenters. The van der Waals surface area contributed by atoms with Gasteiger partial charge in [-0.3, -0.25) is 9.78 Å². The van der Waals surface area contributed by atoms with Gasteiger partial charge in [0, 0.05) is 17.5 Å². The van der Waals surface area contributed by atoms with Gasteiger partial charge in [-0.15, -0.1) is 0 Å². The third-order valence-corrected chi connectivity index (χ3v) is 2.96. The van der Waals surface area contributed by atoms with E-state index in [4.69, 9.17) is 0 Å². The second-order valence-electron chi connectivity index (χ2n) is 5.22. The van der Waals surface area contributed by atoms with Crippen LogP contribution < -0.4 is 0 Å². The van der Waals surface area contributed by atoms with Gasteiger partial charge in [-0.05, 0) is 36.1 Å². The maximum atomic E-state index is 12.2. The SMILES string of the molecule is CC(C)Cc1cccc(C(=O)Cc2ccccn2)c1. The predicted octanol–water partition coefficient (Wildman–Crippen LogP) is 3.71. The van der Waals surface area contributed by atoms with Gasteiger partial charge in [-0.1, -0.05) is 38.1 Å². The Morgan fingerprint density at radius 3 is 2.68 bits per heavy atom. The topological polar surface area (TPSA) is 30.0 Å². The molecule has 0 saturated heterocycles. The van der Waals surface area contributed by atoms with Crippen molar-refractivity contribution in [2.24, 2.45) is 5.92 Å². The van der Waals surface area contributed by atoms with Crippen molar-refractivity contribution in [2.75, 3.05) is 0 Å². The van der Waals surface area contributed by atoms with E-state index in [9.17, 15) is 4.79 Å². The summed E-state index contributed by atoms with van der Waals surface area (Å²) < 4.78 is 0. The average Bonchev–Trinajstić information content (AvgIpc) is 2.39. The first-order chi connectivity index (χ1) is 9.15. The van der Waals surface area contributed by atoms with Crippen molar-refractivity contribution in [1.29, 1.82) is 0 Å². The van der Waals surface area contributed by atoms with Crippen molar-refractivity contribution in [3.63, 3.8) is 0 Å². The number of rotatable bonds is 5. The van der Waals surface area contributed by atoms with Crippen molar-refractivity contribution < 1.29 is 4.79 Å². The van der Waals surface area contributed by atoms with Crippen LogP contribution in [0.5, 0.6) is 0 Å². The summed E-state index contributed by atoms with van der Waals surface area (Å²) in [6.07, 6.45) is 3.09. The molecule has 0 bridgehead atoms. The molecule has 0 amide bonds. The smallest absolute Gasteiger partial charge is 0.168 e. The fraction of sp³-hybridized carbons (Fsp3) is 0.294. The Morgan fingerprint density at radius 1 is 1.16 bits per heavy atom. The van der Waals surface area contributed by atoms with Gasteiger partial charge in [-0.2, -0.15) is 0 Å². The molecule has 0 unspecified atom stereocenters. The van der Waals surface area contributed by atoms with E-state index in [1.807, 2.05) is 36.4 Å². The highest BCUT2D eigenvalue weighted by Gasteiger charge is 2.08. The lowest BCUT2D eigenvalue weighted by molar-refractivity contribution is 0.0992. The molecule has 0 radical (unpaired) electrons. The number of carbonyl (C=O) groups excluding carboxylic acids is 1. The molecule has 98 valence electrons. The summed E-state index contributed by atoms with van der Waals surface area (Å²) in [6.45, 7) is 4.37. The maximum absolute atomic E-state index is 12.2. The Bertz CT molecular complexity index is 546. The number of benzene rings is 1. The highest BCUT2D eigenvalue weighted by Crippen LogP contribution is 2.12. The summed E-state index contributed by atoms with van der Waals surface area (Å²) >= 11 is 0. The second-order valence-corrected chi connectivity index (χ2v) is 5.22. The predicted molar refractivity (Wildman–Crippen MR) is 77.3 cm³/mol. The van der Waals surface area contributed by atoms with E-state index in [0.29, 0.717) is 12.3 Å². The number of carbonyl (C=O) groups is 1. The summed E-state index contributed by atoms with van der Waals surface area (Å²) in [7, 11) is 0. The van der Waals surface area contributed by atoms with E-state index in [1.165, 1.54) is 5.56 Å². The van der Waals surface area contributed by atoms with Crippen molar-refractivity contribution in [2.45, 2.75) is 26.7 Å². The molecular weight excluding hydrogens is 234 g/mol. The van der Waals surface area contributed by atoms with Gasteiger partial charge in [0.05, 0.1) is 6.42 Å². The summed E-state index contributed by atoms with van der Waals surface area (Å²) in [4.78, 5) is 16.4. The van der Waals surface area contributed by atoms with E-state index >= 15 is 0 Å². The first kappa shape index (κ1) is 13.5. The molecule has 1 aromatic heterocycles. The van der Waals surface area contributed by atoms with E-state index < -0.39 is 0 Å². The molecule has 0 aliphatic carbocycles. The Morgan fingerprint density at radius 2 is 2.00 bits per heavy atom. The van der Waals surface area contributed by atoms with Crippen molar-refractivity contribution in [3.05, 3.63) is 65.5 Å². The summed E-state index contributed by atoms with van der Waals surface area (Å²) in [6, 6.07) is 13.6. The quantitative estimate of drug-likeness (QED) is 0.760. The third-order valence-electron chi connectivity index (χ3n) is 2.96. The lowest BCUT2D eigenvalue weighted by Crippen LogP contribution is -2.06. The van der Waals surface area contributed by atoms with Crippen LogP contribution in [-0.4, -0.2) is 10.8 Å². The van der Waals surface area contributed by atoms with Gasteiger partial charge in [0.1, 0.15) is 0 Å². The van der Waals surface area contributed by atoms with Crippen molar-refractivity contribution >= 4 is 5.78 Å². The first-order valence-electron chi connectivity index (χ1n) is 6.67. The molecule has 0 aliphatic heterocycles. The summed E-state index contributed by atoms with van der Waals surface area (Å²) in [5.41, 5.74) is 2.83. The highest BCUT2D eigenvalue weighted by atomic mass is 16.1. The average molecular weight is 253 g/mol. The zero-order chi connectivity index (χ0) is 13.7. The number of hydrogen-bond donors (Lipinski definition) is 0. The van der Waals surface area contributed by atoms with Crippen LogP contribution in [0.3, 0.4) is 0 Å². The minimum atomic E-state index is 0.129. The maximum Gasteiger partial charge on any atom is 0.168 e. The Hall–Kier alpha value is -1.96. The molecule has 2 nitrogen and oxygen atoms in total. The van der Waals surface area contributed by atoms with Gasteiger partial charge in [0.2, 0.25) is 0 Å². The van der Waals surface area contributed by atoms with Crippen LogP contribution in [0.1, 0.15) is 35.5 Å². The van der Waals surface area contributed by atoms with E-state index in [0.717, 1.165) is 17.7 Å². The summed E-state index contributed by atoms with van der Waals surface area (Å²) in [5.74, 6) is 0.727. The van der Waals surface area contributed by atoms with Crippen LogP contribution in [0.15, 0.2) is 48.7 Å². The molecule has 2 aromatic rings. The summed E-state index contributed by atoms with van der Waals surface area (Å²) in [5, 5.41) is 0. The van der Waals surface area contributed by atoms with Crippen molar-refractivity contribution in [3.8, 4) is 0 Å². The van der Waals surface area contributed by atoms with Crippen LogP contribution in [0.25, 0.3) is 0 Å². The number of pyridine rings is 1. The van der Waals surface area contributed by atoms with Gasteiger partial charge in [0.25, 0.3) is 0 Å². The normalized spacial score (nSPS) is 10.7. The van der Waals surface area contributed by atoms with Gasteiger partial charge >= 0.3 is 0 Å². The highest BCUT2D eigenvalue weighted by molar-refractivity contribution is 5.97. The van der Waals surface area contributed by atoms with Gasteiger partial charge < -0.3 is 0 Å². The van der Waals surface area contributed by atoms with Crippen molar-refractivity contribution in [1.82, 2.24) is 4.98 Å². The van der Waals surface area contributed by atoms with Crippen LogP contribution >= 0.6 is 0 Å². The van der Waals surface area contributed by atoms with E-state index in [-0.39, 0.29) is 5.78 Å². The lowest BCUT2D eigenvalue weighted by Gasteiger charge is -2.07. The van der Waals surface area contributed by atoms with E-state index in [1.54, 1.807) is 6.20 Å². The molecule has 19 heavy (non-hydrogen) atoms.